The van der Waals surface area contributed by atoms with E-state index in [0.29, 0.717) is 19.5 Å². The third-order valence-electron chi connectivity index (χ3n) is 4.80. The van der Waals surface area contributed by atoms with Gasteiger partial charge in [0.05, 0.1) is 6.54 Å². The highest BCUT2D eigenvalue weighted by Crippen LogP contribution is 2.31. The van der Waals surface area contributed by atoms with Crippen molar-refractivity contribution in [1.82, 2.24) is 4.90 Å². The lowest BCUT2D eigenvalue weighted by molar-refractivity contribution is -0.0207. The minimum atomic E-state index is -0.687. The molecule has 0 saturated heterocycles. The Bertz CT molecular complexity index is 849. The Morgan fingerprint density at radius 3 is 2.32 bits per heavy atom. The molecule has 1 aliphatic heterocycles. The van der Waals surface area contributed by atoms with Gasteiger partial charge in [0.2, 0.25) is 0 Å². The van der Waals surface area contributed by atoms with E-state index in [1.807, 2.05) is 45.1 Å². The zero-order valence-corrected chi connectivity index (χ0v) is 19.3. The third-order valence-corrected chi connectivity index (χ3v) is 4.80. The van der Waals surface area contributed by atoms with Crippen molar-refractivity contribution in [1.29, 1.82) is 0 Å². The Morgan fingerprint density at radius 1 is 0.968 bits per heavy atom. The number of benzene rings is 1. The highest BCUT2D eigenvalue weighted by atomic mass is 16.7. The fraction of sp³-hybridized carbons (Fsp3) is 0.583. The first-order chi connectivity index (χ1) is 14.4. The van der Waals surface area contributed by atoms with Crippen LogP contribution in [0, 0.1) is 0 Å². The topological polar surface area (TPSA) is 74.3 Å². The molecule has 0 aromatic heterocycles. The largest absolute Gasteiger partial charge is 0.509 e. The lowest BCUT2D eigenvalue weighted by Gasteiger charge is -2.32. The maximum absolute atomic E-state index is 12.5. The Kier molecular flexibility index (Phi) is 6.53. The number of amides is 1. The molecule has 0 saturated carbocycles. The fourth-order valence-corrected chi connectivity index (χ4v) is 3.51. The van der Waals surface area contributed by atoms with Crippen molar-refractivity contribution >= 4 is 12.2 Å². The molecule has 1 amide bonds. The van der Waals surface area contributed by atoms with Gasteiger partial charge in [-0.2, -0.15) is 0 Å². The summed E-state index contributed by atoms with van der Waals surface area (Å²) in [6, 6.07) is 5.94. The molecule has 0 radical (unpaired) electrons. The summed E-state index contributed by atoms with van der Waals surface area (Å²) in [6.45, 7) is 12.0. The highest BCUT2D eigenvalue weighted by Gasteiger charge is 2.30. The maximum atomic E-state index is 12.5. The molecule has 2 aliphatic rings. The smallest absolute Gasteiger partial charge is 0.486 e. The second-order valence-electron chi connectivity index (χ2n) is 9.94. The van der Waals surface area contributed by atoms with Gasteiger partial charge in [-0.05, 0) is 71.7 Å². The van der Waals surface area contributed by atoms with Gasteiger partial charge >= 0.3 is 12.2 Å². The maximum Gasteiger partial charge on any atom is 0.509 e. The van der Waals surface area contributed by atoms with Crippen LogP contribution >= 0.6 is 0 Å². The molecule has 0 N–H and O–H groups in total. The summed E-state index contributed by atoms with van der Waals surface area (Å²) in [6.07, 6.45) is 3.34. The number of ether oxygens (including phenoxy) is 4. The van der Waals surface area contributed by atoms with Gasteiger partial charge in [0.15, 0.2) is 0 Å². The van der Waals surface area contributed by atoms with E-state index in [0.717, 1.165) is 17.7 Å². The van der Waals surface area contributed by atoms with Crippen LogP contribution in [0.2, 0.25) is 0 Å². The van der Waals surface area contributed by atoms with Crippen molar-refractivity contribution in [3.05, 3.63) is 41.5 Å². The van der Waals surface area contributed by atoms with E-state index in [-0.39, 0.29) is 12.2 Å². The van der Waals surface area contributed by atoms with Crippen molar-refractivity contribution < 1.29 is 28.5 Å². The number of hydrogen-bond donors (Lipinski definition) is 0. The molecule has 31 heavy (non-hydrogen) atoms. The minimum absolute atomic E-state index is 0.226. The molecule has 1 aliphatic carbocycles. The van der Waals surface area contributed by atoms with Gasteiger partial charge in [-0.15, -0.1) is 0 Å². The Morgan fingerprint density at radius 2 is 1.65 bits per heavy atom. The lowest BCUT2D eigenvalue weighted by Crippen LogP contribution is -2.40. The summed E-state index contributed by atoms with van der Waals surface area (Å²) >= 11 is 0. The Labute approximate surface area is 184 Å². The van der Waals surface area contributed by atoms with Crippen LogP contribution < -0.4 is 4.74 Å². The van der Waals surface area contributed by atoms with Gasteiger partial charge in [0.25, 0.3) is 0 Å². The van der Waals surface area contributed by atoms with E-state index in [1.54, 1.807) is 25.7 Å². The molecule has 0 unspecified atom stereocenters. The van der Waals surface area contributed by atoms with Crippen LogP contribution in [0.5, 0.6) is 5.75 Å². The first-order valence-corrected chi connectivity index (χ1v) is 10.7. The highest BCUT2D eigenvalue weighted by molar-refractivity contribution is 5.69. The van der Waals surface area contributed by atoms with Crippen LogP contribution in [-0.4, -0.2) is 47.1 Å². The molecular weight excluding hydrogens is 398 g/mol. The van der Waals surface area contributed by atoms with Crippen molar-refractivity contribution in [2.45, 2.75) is 84.3 Å². The molecule has 0 bridgehead atoms. The molecule has 7 heteroatoms. The standard InChI is InChI=1S/C24H33NO6/c1-23(2,3)30-21(26)25-13-12-16-8-7-9-20(19(16)15-25)28-17-10-11-18(14-17)29-22(27)31-24(4,5)6/h7-11,17-18H,12-15H2,1-6H3/t17-,18+/m1/s1. The quantitative estimate of drug-likeness (QED) is 0.495. The Balaban J connectivity index is 1.61. The molecule has 170 valence electrons. The van der Waals surface area contributed by atoms with E-state index in [1.165, 1.54) is 5.56 Å². The van der Waals surface area contributed by atoms with Gasteiger partial charge in [-0.1, -0.05) is 12.1 Å². The molecule has 1 aromatic rings. The number of rotatable bonds is 3. The molecule has 3 rings (SSSR count). The fourth-order valence-electron chi connectivity index (χ4n) is 3.51. The van der Waals surface area contributed by atoms with Crippen LogP contribution in [0.4, 0.5) is 9.59 Å². The zero-order chi connectivity index (χ0) is 22.8. The molecule has 1 heterocycles. The molecular formula is C24H33NO6. The second kappa shape index (κ2) is 8.81. The predicted molar refractivity (Wildman–Crippen MR) is 116 cm³/mol. The summed E-state index contributed by atoms with van der Waals surface area (Å²) in [4.78, 5) is 26.1. The van der Waals surface area contributed by atoms with Crippen LogP contribution in [-0.2, 0) is 27.2 Å². The van der Waals surface area contributed by atoms with Crippen molar-refractivity contribution in [3.8, 4) is 5.75 Å². The van der Waals surface area contributed by atoms with Gasteiger partial charge < -0.3 is 23.8 Å². The number of carbonyl (C=O) groups is 2. The lowest BCUT2D eigenvalue weighted by atomic mass is 9.99. The molecule has 0 fully saturated rings. The summed E-state index contributed by atoms with van der Waals surface area (Å²) < 4.78 is 22.3. The van der Waals surface area contributed by atoms with E-state index in [4.69, 9.17) is 18.9 Å². The number of carbonyl (C=O) groups excluding carboxylic acids is 2. The molecule has 2 atom stereocenters. The number of hydrogen-bond acceptors (Lipinski definition) is 6. The van der Waals surface area contributed by atoms with E-state index in [2.05, 4.69) is 6.07 Å². The average Bonchev–Trinajstić information content (AvgIpc) is 3.05. The third kappa shape index (κ3) is 6.64. The normalized spacial score (nSPS) is 20.8. The summed E-state index contributed by atoms with van der Waals surface area (Å²) in [5.41, 5.74) is 1.02. The summed E-state index contributed by atoms with van der Waals surface area (Å²) in [5.74, 6) is 0.735. The SMILES string of the molecule is CC(C)(C)OC(=O)O[C@H]1C=C[C@@H](Oc2cccc3c2CN(C(=O)OC(C)(C)C)CC3)C1. The van der Waals surface area contributed by atoms with Gasteiger partial charge in [-0.3, -0.25) is 0 Å². The zero-order valence-electron chi connectivity index (χ0n) is 19.3. The van der Waals surface area contributed by atoms with Crippen molar-refractivity contribution in [3.63, 3.8) is 0 Å². The van der Waals surface area contributed by atoms with Gasteiger partial charge in [-0.25, -0.2) is 9.59 Å². The predicted octanol–water partition coefficient (Wildman–Crippen LogP) is 5.01. The van der Waals surface area contributed by atoms with Gasteiger partial charge in [0.1, 0.15) is 29.2 Å². The van der Waals surface area contributed by atoms with Crippen LogP contribution in [0.1, 0.15) is 59.1 Å². The first-order valence-electron chi connectivity index (χ1n) is 10.7. The minimum Gasteiger partial charge on any atom is -0.486 e. The Hall–Kier alpha value is -2.70. The van der Waals surface area contributed by atoms with E-state index < -0.39 is 23.5 Å². The van der Waals surface area contributed by atoms with Crippen molar-refractivity contribution in [2.75, 3.05) is 6.54 Å². The van der Waals surface area contributed by atoms with Gasteiger partial charge in [0, 0.05) is 18.5 Å². The first kappa shape index (κ1) is 23.0. The number of nitrogens with zero attached hydrogens (tertiary/aromatic N) is 1. The molecule has 0 spiro atoms. The van der Waals surface area contributed by atoms with Crippen LogP contribution in [0.3, 0.4) is 0 Å². The molecule has 1 aromatic carbocycles. The average molecular weight is 432 g/mol. The van der Waals surface area contributed by atoms with Crippen LogP contribution in [0.25, 0.3) is 0 Å². The second-order valence-corrected chi connectivity index (χ2v) is 9.94. The van der Waals surface area contributed by atoms with Crippen LogP contribution in [0.15, 0.2) is 30.4 Å². The van der Waals surface area contributed by atoms with Crippen molar-refractivity contribution in [2.24, 2.45) is 0 Å². The van der Waals surface area contributed by atoms with E-state index >= 15 is 0 Å². The summed E-state index contributed by atoms with van der Waals surface area (Å²) in [5, 5.41) is 0. The van der Waals surface area contributed by atoms with E-state index in [9.17, 15) is 9.59 Å². The molecule has 7 nitrogen and oxygen atoms in total. The monoisotopic (exact) mass is 431 g/mol. The summed E-state index contributed by atoms with van der Waals surface area (Å²) in [7, 11) is 0. The number of fused-ring (bicyclic) bond motifs is 1.